The molecule has 0 aliphatic heterocycles. The van der Waals surface area contributed by atoms with E-state index >= 15 is 0 Å². The molecule has 0 radical (unpaired) electrons. The topological polar surface area (TPSA) is 9.23 Å². The summed E-state index contributed by atoms with van der Waals surface area (Å²) in [6.07, 6.45) is 0. The maximum atomic E-state index is 13.5. The first kappa shape index (κ1) is 13.3. The Labute approximate surface area is 116 Å². The van der Waals surface area contributed by atoms with Crippen LogP contribution in [0.3, 0.4) is 0 Å². The minimum absolute atomic E-state index is 0.0322. The third kappa shape index (κ3) is 3.21. The van der Waals surface area contributed by atoms with Gasteiger partial charge in [-0.25, -0.2) is 8.78 Å². The van der Waals surface area contributed by atoms with Gasteiger partial charge >= 0.3 is 0 Å². The molecule has 0 unspecified atom stereocenters. The van der Waals surface area contributed by atoms with E-state index in [4.69, 9.17) is 16.3 Å². The van der Waals surface area contributed by atoms with Gasteiger partial charge in [0.1, 0.15) is 24.0 Å². The van der Waals surface area contributed by atoms with Crippen LogP contribution in [0.5, 0.6) is 5.75 Å². The summed E-state index contributed by atoms with van der Waals surface area (Å²) < 4.78 is 32.3. The van der Waals surface area contributed by atoms with Crippen LogP contribution in [0.2, 0.25) is 5.02 Å². The maximum absolute atomic E-state index is 13.5. The highest BCUT2D eigenvalue weighted by Gasteiger charge is 2.06. The minimum Gasteiger partial charge on any atom is -0.487 e. The van der Waals surface area contributed by atoms with Crippen molar-refractivity contribution in [2.24, 2.45) is 0 Å². The molecule has 0 bridgehead atoms. The monoisotopic (exact) mass is 332 g/mol. The fourth-order valence-electron chi connectivity index (χ4n) is 1.39. The second-order valence-corrected chi connectivity index (χ2v) is 4.92. The molecule has 18 heavy (non-hydrogen) atoms. The lowest BCUT2D eigenvalue weighted by Crippen LogP contribution is -1.99. The summed E-state index contributed by atoms with van der Waals surface area (Å²) in [6, 6.07) is 8.47. The first-order valence-electron chi connectivity index (χ1n) is 5.08. The van der Waals surface area contributed by atoms with E-state index in [-0.39, 0.29) is 17.4 Å². The molecule has 0 saturated carbocycles. The van der Waals surface area contributed by atoms with E-state index in [9.17, 15) is 8.78 Å². The van der Waals surface area contributed by atoms with Crippen LogP contribution in [-0.2, 0) is 6.61 Å². The Morgan fingerprint density at radius 2 is 1.89 bits per heavy atom. The zero-order chi connectivity index (χ0) is 13.1. The van der Waals surface area contributed by atoms with Crippen molar-refractivity contribution in [3.8, 4) is 5.75 Å². The van der Waals surface area contributed by atoms with Gasteiger partial charge in [-0.3, -0.25) is 0 Å². The van der Waals surface area contributed by atoms with Crippen LogP contribution in [0.25, 0.3) is 0 Å². The summed E-state index contributed by atoms with van der Waals surface area (Å²) in [7, 11) is 0. The largest absolute Gasteiger partial charge is 0.487 e. The molecule has 5 heteroatoms. The average molecular weight is 334 g/mol. The van der Waals surface area contributed by atoms with E-state index in [1.807, 2.05) is 0 Å². The highest BCUT2D eigenvalue weighted by molar-refractivity contribution is 9.10. The number of benzene rings is 2. The van der Waals surface area contributed by atoms with E-state index in [2.05, 4.69) is 15.9 Å². The fourth-order valence-corrected chi connectivity index (χ4v) is 1.94. The predicted molar refractivity (Wildman–Crippen MR) is 69.8 cm³/mol. The van der Waals surface area contributed by atoms with Crippen LogP contribution in [0.4, 0.5) is 8.78 Å². The quantitative estimate of drug-likeness (QED) is 0.771. The first-order valence-corrected chi connectivity index (χ1v) is 6.25. The molecule has 0 aliphatic rings. The van der Waals surface area contributed by atoms with Gasteiger partial charge in [-0.05, 0) is 30.3 Å². The molecule has 0 N–H and O–H groups in total. The van der Waals surface area contributed by atoms with Crippen LogP contribution < -0.4 is 4.74 Å². The Balaban J connectivity index is 2.11. The molecule has 0 amide bonds. The second kappa shape index (κ2) is 5.67. The number of halogens is 4. The van der Waals surface area contributed by atoms with Crippen molar-refractivity contribution in [2.75, 3.05) is 0 Å². The molecule has 0 heterocycles. The molecular weight excluding hydrogens is 325 g/mol. The Hall–Kier alpha value is -1.13. The lowest BCUT2D eigenvalue weighted by atomic mass is 10.2. The van der Waals surface area contributed by atoms with Crippen LogP contribution in [0.1, 0.15) is 5.56 Å². The van der Waals surface area contributed by atoms with Crippen LogP contribution >= 0.6 is 27.5 Å². The van der Waals surface area contributed by atoms with Crippen molar-refractivity contribution < 1.29 is 13.5 Å². The normalized spacial score (nSPS) is 10.4. The van der Waals surface area contributed by atoms with Crippen molar-refractivity contribution in [3.05, 3.63) is 63.1 Å². The van der Waals surface area contributed by atoms with Crippen molar-refractivity contribution >= 4 is 27.5 Å². The fraction of sp³-hybridized carbons (Fsp3) is 0.0769. The molecule has 2 aromatic carbocycles. The highest BCUT2D eigenvalue weighted by Crippen LogP contribution is 2.26. The Kier molecular flexibility index (Phi) is 4.19. The van der Waals surface area contributed by atoms with Gasteiger partial charge in [-0.2, -0.15) is 0 Å². The van der Waals surface area contributed by atoms with E-state index in [0.29, 0.717) is 15.8 Å². The van der Waals surface area contributed by atoms with Gasteiger partial charge in [0.25, 0.3) is 0 Å². The maximum Gasteiger partial charge on any atom is 0.138 e. The molecule has 2 aromatic rings. The molecule has 0 fully saturated rings. The average Bonchev–Trinajstić information content (AvgIpc) is 2.30. The number of rotatable bonds is 3. The molecule has 0 spiro atoms. The zero-order valence-corrected chi connectivity index (χ0v) is 11.4. The van der Waals surface area contributed by atoms with E-state index in [1.165, 1.54) is 18.2 Å². The van der Waals surface area contributed by atoms with Gasteiger partial charge in [-0.15, -0.1) is 0 Å². The summed E-state index contributed by atoms with van der Waals surface area (Å²) in [5, 5.41) is 0.160. The minimum atomic E-state index is -0.442. The Morgan fingerprint density at radius 1 is 1.11 bits per heavy atom. The smallest absolute Gasteiger partial charge is 0.138 e. The van der Waals surface area contributed by atoms with Crippen molar-refractivity contribution in [1.82, 2.24) is 0 Å². The Morgan fingerprint density at radius 3 is 2.56 bits per heavy atom. The molecule has 0 aliphatic carbocycles. The third-order valence-electron chi connectivity index (χ3n) is 2.29. The molecule has 0 saturated heterocycles. The van der Waals surface area contributed by atoms with Crippen LogP contribution in [0, 0.1) is 11.6 Å². The molecule has 2 rings (SSSR count). The van der Waals surface area contributed by atoms with Gasteiger partial charge in [0.2, 0.25) is 0 Å². The third-order valence-corrected chi connectivity index (χ3v) is 3.08. The van der Waals surface area contributed by atoms with E-state index < -0.39 is 5.82 Å². The van der Waals surface area contributed by atoms with Gasteiger partial charge in [-0.1, -0.05) is 33.6 Å². The summed E-state index contributed by atoms with van der Waals surface area (Å²) in [6.45, 7) is 0.0322. The summed E-state index contributed by atoms with van der Waals surface area (Å²) >= 11 is 8.96. The lowest BCUT2D eigenvalue weighted by Gasteiger charge is -2.09. The number of hydrogen-bond donors (Lipinski definition) is 0. The molecule has 1 nitrogen and oxygen atoms in total. The Bertz CT molecular complexity index is 523. The second-order valence-electron chi connectivity index (χ2n) is 3.60. The zero-order valence-electron chi connectivity index (χ0n) is 9.09. The lowest BCUT2D eigenvalue weighted by molar-refractivity contribution is 0.299. The van der Waals surface area contributed by atoms with Gasteiger partial charge < -0.3 is 4.74 Å². The van der Waals surface area contributed by atoms with Gasteiger partial charge in [0, 0.05) is 10.0 Å². The summed E-state index contributed by atoms with van der Waals surface area (Å²) in [4.78, 5) is 0. The van der Waals surface area contributed by atoms with E-state index in [1.54, 1.807) is 12.1 Å². The summed E-state index contributed by atoms with van der Waals surface area (Å²) in [5.41, 5.74) is 0.401. The van der Waals surface area contributed by atoms with Gasteiger partial charge in [0.15, 0.2) is 0 Å². The molecule has 0 atom stereocenters. The van der Waals surface area contributed by atoms with Crippen molar-refractivity contribution in [3.63, 3.8) is 0 Å². The van der Waals surface area contributed by atoms with Crippen LogP contribution in [-0.4, -0.2) is 0 Å². The summed E-state index contributed by atoms with van der Waals surface area (Å²) in [5.74, 6) is -0.495. The van der Waals surface area contributed by atoms with E-state index in [0.717, 1.165) is 6.07 Å². The van der Waals surface area contributed by atoms with Crippen molar-refractivity contribution in [2.45, 2.75) is 6.61 Å². The molecular formula is C13H8BrClF2O. The molecule has 94 valence electrons. The van der Waals surface area contributed by atoms with Gasteiger partial charge in [0.05, 0.1) is 5.02 Å². The molecule has 0 aromatic heterocycles. The highest BCUT2D eigenvalue weighted by atomic mass is 79.9. The SMILES string of the molecule is Fc1ccc(OCc2ccc(Br)cc2F)c(Cl)c1. The number of ether oxygens (including phenoxy) is 1. The standard InChI is InChI=1S/C13H8BrClF2O/c14-9-2-1-8(12(17)5-9)7-18-13-4-3-10(16)6-11(13)15/h1-6H,7H2. The first-order chi connectivity index (χ1) is 8.56. The van der Waals surface area contributed by atoms with Crippen LogP contribution in [0.15, 0.2) is 40.9 Å². The number of hydrogen-bond acceptors (Lipinski definition) is 1. The predicted octanol–water partition coefficient (Wildman–Crippen LogP) is 4.96. The van der Waals surface area contributed by atoms with Crippen molar-refractivity contribution in [1.29, 1.82) is 0 Å².